The summed E-state index contributed by atoms with van der Waals surface area (Å²) < 4.78 is 22.1. The maximum atomic E-state index is 12.6. The number of hydrogen-bond donors (Lipinski definition) is 5. The molecule has 5 N–H and O–H groups in total. The zero-order valence-electron chi connectivity index (χ0n) is 30.6. The molecule has 15 nitrogen and oxygen atoms in total. The molecular weight excluding hydrogens is 690 g/mol. The Morgan fingerprint density at radius 2 is 1.06 bits per heavy atom. The van der Waals surface area contributed by atoms with E-state index in [9.17, 15) is 9.59 Å². The largest absolute Gasteiger partial charge is 0.377 e. The molecule has 2 amide bonds. The first-order valence-electron chi connectivity index (χ1n) is 18.1. The second-order valence-electron chi connectivity index (χ2n) is 11.7. The van der Waals surface area contributed by atoms with Gasteiger partial charge in [-0.3, -0.25) is 14.6 Å². The van der Waals surface area contributed by atoms with Gasteiger partial charge in [0.2, 0.25) is 17.8 Å². The Hall–Kier alpha value is -5.48. The molecule has 0 aliphatic heterocycles. The molecule has 288 valence electrons. The van der Waals surface area contributed by atoms with E-state index in [0.717, 1.165) is 12.8 Å². The van der Waals surface area contributed by atoms with Gasteiger partial charge in [-0.15, -0.1) is 0 Å². The van der Waals surface area contributed by atoms with Gasteiger partial charge in [-0.2, -0.15) is 15.0 Å². The lowest BCUT2D eigenvalue weighted by Gasteiger charge is -2.12. The van der Waals surface area contributed by atoms with Gasteiger partial charge in [-0.1, -0.05) is 48.5 Å². The van der Waals surface area contributed by atoms with Crippen LogP contribution in [0, 0.1) is 0 Å². The Labute approximate surface area is 316 Å². The van der Waals surface area contributed by atoms with Gasteiger partial charge < -0.3 is 45.5 Å². The Bertz CT molecular complexity index is 1650. The molecule has 0 saturated carbocycles. The fraction of sp³-hybridized carbons (Fsp3) is 0.385. The summed E-state index contributed by atoms with van der Waals surface area (Å²) in [7, 11) is 0. The molecule has 3 aromatic carbocycles. The van der Waals surface area contributed by atoms with Crippen molar-refractivity contribution in [2.45, 2.75) is 12.8 Å². The highest BCUT2D eigenvalue weighted by Gasteiger charge is 2.10. The molecule has 1 heterocycles. The summed E-state index contributed by atoms with van der Waals surface area (Å²) in [6, 6.07) is 26.4. The summed E-state index contributed by atoms with van der Waals surface area (Å²) in [5.41, 5.74) is 3.10. The minimum atomic E-state index is -0.201. The number of carbonyl (C=O) groups excluding carboxylic acids is 2. The smallest absolute Gasteiger partial charge is 0.251 e. The van der Waals surface area contributed by atoms with Crippen LogP contribution in [0.5, 0.6) is 0 Å². The van der Waals surface area contributed by atoms with E-state index in [1.807, 2.05) is 36.4 Å². The molecule has 0 atom stereocenters. The zero-order chi connectivity index (χ0) is 37.9. The molecule has 0 saturated heterocycles. The van der Waals surface area contributed by atoms with Gasteiger partial charge in [-0.05, 0) is 61.5 Å². The van der Waals surface area contributed by atoms with Crippen molar-refractivity contribution in [1.82, 2.24) is 25.6 Å². The molecule has 0 aliphatic carbocycles. The van der Waals surface area contributed by atoms with E-state index in [1.54, 1.807) is 36.4 Å². The molecule has 4 aromatic rings. The molecule has 54 heavy (non-hydrogen) atoms. The minimum Gasteiger partial charge on any atom is -0.377 e. The molecule has 0 radical (unpaired) electrons. The number of carbonyl (C=O) groups is 2. The summed E-state index contributed by atoms with van der Waals surface area (Å²) in [4.78, 5) is 42.1. The van der Waals surface area contributed by atoms with E-state index >= 15 is 0 Å². The van der Waals surface area contributed by atoms with Crippen molar-refractivity contribution >= 4 is 42.1 Å². The number of amides is 2. The van der Waals surface area contributed by atoms with Gasteiger partial charge in [0.25, 0.3) is 11.8 Å². The average molecular weight is 742 g/mol. The number of nitrogens with one attached hydrogen (secondary N) is 5. The standard InChI is InChI=1S/C39H51N9O6/c1-40-19-23-51-27-28-52-25-21-42-36(50)33-14-16-34(17-15-33)45-39-47-37(43-18-8-11-31-9-4-2-5-10-31)46-38(48-39)44-22-26-54-30-29-53-24-20-41-35(49)32-12-6-3-7-13-32/h2-7,9-10,12-17H,1,8,11,18-30H2,(H,41,49)(H,42,50)(H3,43,44,45,46,47,48). The van der Waals surface area contributed by atoms with Gasteiger partial charge in [0.05, 0.1) is 59.4 Å². The normalized spacial score (nSPS) is 10.7. The van der Waals surface area contributed by atoms with Crippen molar-refractivity contribution in [2.24, 2.45) is 4.99 Å². The van der Waals surface area contributed by atoms with Crippen LogP contribution in [-0.2, 0) is 25.4 Å². The Balaban J connectivity index is 1.19. The van der Waals surface area contributed by atoms with Gasteiger partial charge in [0, 0.05) is 43.0 Å². The number of aromatic nitrogens is 3. The zero-order valence-corrected chi connectivity index (χ0v) is 30.6. The third kappa shape index (κ3) is 16.9. The van der Waals surface area contributed by atoms with E-state index in [-0.39, 0.29) is 11.8 Å². The van der Waals surface area contributed by atoms with Crippen molar-refractivity contribution in [2.75, 3.05) is 102 Å². The quantitative estimate of drug-likeness (QED) is 0.0418. The van der Waals surface area contributed by atoms with E-state index in [0.29, 0.717) is 120 Å². The lowest BCUT2D eigenvalue weighted by molar-refractivity contribution is 0.0512. The van der Waals surface area contributed by atoms with Crippen LogP contribution >= 0.6 is 0 Å². The number of hydrogen-bond acceptors (Lipinski definition) is 13. The van der Waals surface area contributed by atoms with Gasteiger partial charge in [-0.25, -0.2) is 0 Å². The Kier molecular flexibility index (Phi) is 19.5. The topological polar surface area (TPSA) is 182 Å². The van der Waals surface area contributed by atoms with Crippen molar-refractivity contribution in [3.63, 3.8) is 0 Å². The fourth-order valence-electron chi connectivity index (χ4n) is 4.84. The van der Waals surface area contributed by atoms with Gasteiger partial charge in [0.1, 0.15) is 0 Å². The van der Waals surface area contributed by atoms with Crippen LogP contribution in [0.4, 0.5) is 23.5 Å². The fourth-order valence-corrected chi connectivity index (χ4v) is 4.84. The van der Waals surface area contributed by atoms with Crippen LogP contribution in [0.2, 0.25) is 0 Å². The summed E-state index contributed by atoms with van der Waals surface area (Å²) in [6.45, 7) is 9.29. The minimum absolute atomic E-state index is 0.129. The maximum Gasteiger partial charge on any atom is 0.251 e. The van der Waals surface area contributed by atoms with Crippen LogP contribution < -0.4 is 26.6 Å². The van der Waals surface area contributed by atoms with E-state index < -0.39 is 0 Å². The van der Waals surface area contributed by atoms with Crippen LogP contribution in [0.3, 0.4) is 0 Å². The van der Waals surface area contributed by atoms with Crippen molar-refractivity contribution in [3.05, 3.63) is 102 Å². The number of nitrogens with zero attached hydrogens (tertiary/aromatic N) is 4. The molecular formula is C39H51N9O6. The second-order valence-corrected chi connectivity index (χ2v) is 11.7. The number of rotatable bonds is 28. The Morgan fingerprint density at radius 3 is 1.65 bits per heavy atom. The van der Waals surface area contributed by atoms with Crippen molar-refractivity contribution in [3.8, 4) is 0 Å². The molecule has 0 fully saturated rings. The Morgan fingerprint density at radius 1 is 0.556 bits per heavy atom. The highest BCUT2D eigenvalue weighted by Crippen LogP contribution is 2.17. The lowest BCUT2D eigenvalue weighted by Crippen LogP contribution is -2.27. The lowest BCUT2D eigenvalue weighted by atomic mass is 10.1. The number of anilines is 4. The van der Waals surface area contributed by atoms with Crippen LogP contribution in [0.15, 0.2) is 89.9 Å². The van der Waals surface area contributed by atoms with Gasteiger partial charge >= 0.3 is 0 Å². The first-order chi connectivity index (χ1) is 26.6. The predicted molar refractivity (Wildman–Crippen MR) is 210 cm³/mol. The second kappa shape index (κ2) is 25.5. The number of benzene rings is 3. The molecule has 4 rings (SSSR count). The summed E-state index contributed by atoms with van der Waals surface area (Å²) >= 11 is 0. The number of aliphatic imine (C=N–C) groups is 1. The van der Waals surface area contributed by atoms with E-state index in [1.165, 1.54) is 5.56 Å². The first kappa shape index (κ1) is 41.3. The number of ether oxygens (including phenoxy) is 4. The molecule has 15 heteroatoms. The molecule has 0 bridgehead atoms. The third-order valence-electron chi connectivity index (χ3n) is 7.57. The molecule has 0 spiro atoms. The average Bonchev–Trinajstić information content (AvgIpc) is 3.20. The molecule has 0 aliphatic rings. The summed E-state index contributed by atoms with van der Waals surface area (Å²) in [6.07, 6.45) is 1.82. The third-order valence-corrected chi connectivity index (χ3v) is 7.57. The van der Waals surface area contributed by atoms with E-state index in [2.05, 4.69) is 65.4 Å². The molecule has 1 aromatic heterocycles. The SMILES string of the molecule is C=NCCOCCOCCNC(=O)c1ccc(Nc2nc(NCCCc3ccccc3)nc(NCCOCCOCCNC(=O)c3ccccc3)n2)cc1. The maximum absolute atomic E-state index is 12.6. The summed E-state index contributed by atoms with van der Waals surface area (Å²) in [5, 5.41) is 15.4. The highest BCUT2D eigenvalue weighted by molar-refractivity contribution is 5.94. The van der Waals surface area contributed by atoms with Crippen molar-refractivity contribution < 1.29 is 28.5 Å². The van der Waals surface area contributed by atoms with Crippen LogP contribution in [0.1, 0.15) is 32.7 Å². The monoisotopic (exact) mass is 741 g/mol. The van der Waals surface area contributed by atoms with Crippen LogP contribution in [0.25, 0.3) is 0 Å². The highest BCUT2D eigenvalue weighted by atomic mass is 16.5. The first-order valence-corrected chi connectivity index (χ1v) is 18.1. The van der Waals surface area contributed by atoms with Crippen LogP contribution in [-0.4, -0.2) is 119 Å². The number of aryl methyl sites for hydroxylation is 1. The van der Waals surface area contributed by atoms with Gasteiger partial charge in [0.15, 0.2) is 0 Å². The summed E-state index contributed by atoms with van der Waals surface area (Å²) in [5.74, 6) is 0.816. The van der Waals surface area contributed by atoms with Crippen molar-refractivity contribution in [1.29, 1.82) is 0 Å². The molecule has 0 unspecified atom stereocenters. The predicted octanol–water partition coefficient (Wildman–Crippen LogP) is 4.00. The van der Waals surface area contributed by atoms with E-state index in [4.69, 9.17) is 18.9 Å².